The van der Waals surface area contributed by atoms with Crippen LogP contribution in [0, 0.1) is 0 Å². The molecule has 8 nitrogen and oxygen atoms in total. The summed E-state index contributed by atoms with van der Waals surface area (Å²) in [6.45, 7) is 7.42. The van der Waals surface area contributed by atoms with Crippen LogP contribution in [0.5, 0.6) is 23.0 Å². The number of carbonyl (C=O) groups is 2. The molecule has 4 aromatic carbocycles. The number of ether oxygens (including phenoxy) is 2. The molecular weight excluding hydrogens is 551 g/mol. The minimum atomic E-state index is -0.492. The van der Waals surface area contributed by atoms with Crippen molar-refractivity contribution in [2.75, 3.05) is 21.3 Å². The zero-order valence-electron chi connectivity index (χ0n) is 20.9. The molecule has 0 radical (unpaired) electrons. The summed E-state index contributed by atoms with van der Waals surface area (Å²) >= 11 is 12.8. The first-order valence-corrected chi connectivity index (χ1v) is 12.7. The Labute approximate surface area is 240 Å². The van der Waals surface area contributed by atoms with Crippen LogP contribution in [-0.4, -0.2) is 12.1 Å². The molecule has 1 aliphatic rings. The maximum atomic E-state index is 12.6. The zero-order chi connectivity index (χ0) is 28.2. The van der Waals surface area contributed by atoms with Crippen LogP contribution in [0.4, 0.5) is 32.3 Å². The van der Waals surface area contributed by atoms with Crippen molar-refractivity contribution in [2.24, 2.45) is 0 Å². The van der Waals surface area contributed by atoms with Crippen LogP contribution in [0.1, 0.15) is 11.1 Å². The molecule has 1 aliphatic heterocycles. The molecule has 0 unspecified atom stereocenters. The first-order valence-electron chi connectivity index (χ1n) is 11.9. The van der Waals surface area contributed by atoms with Gasteiger partial charge in [-0.1, -0.05) is 72.8 Å². The number of carbonyl (C=O) groups excluding carboxylic acids is 2. The number of anilines is 4. The van der Waals surface area contributed by atoms with Gasteiger partial charge in [0, 0.05) is 35.6 Å². The van der Waals surface area contributed by atoms with E-state index >= 15 is 0 Å². The van der Waals surface area contributed by atoms with Gasteiger partial charge in [0.25, 0.3) is 0 Å². The highest BCUT2D eigenvalue weighted by molar-refractivity contribution is 6.34. The molecule has 1 heterocycles. The van der Waals surface area contributed by atoms with Crippen molar-refractivity contribution in [3.05, 3.63) is 107 Å². The number of amides is 4. The van der Waals surface area contributed by atoms with Gasteiger partial charge in [-0.3, -0.25) is 0 Å². The zero-order valence-corrected chi connectivity index (χ0v) is 22.4. The maximum absolute atomic E-state index is 12.6. The summed E-state index contributed by atoms with van der Waals surface area (Å²) in [4.78, 5) is 25.1. The summed E-state index contributed by atoms with van der Waals surface area (Å²) in [6, 6.07) is 19.5. The lowest BCUT2D eigenvalue weighted by Crippen LogP contribution is -2.20. The number of rotatable bonds is 6. The van der Waals surface area contributed by atoms with Crippen LogP contribution in [0.3, 0.4) is 0 Å². The van der Waals surface area contributed by atoms with Crippen LogP contribution in [0.25, 0.3) is 12.2 Å². The van der Waals surface area contributed by atoms with Crippen LogP contribution < -0.4 is 30.7 Å². The van der Waals surface area contributed by atoms with Gasteiger partial charge in [-0.05, 0) is 35.4 Å². The summed E-state index contributed by atoms with van der Waals surface area (Å²) in [7, 11) is 0. The number of halogens is 2. The molecule has 0 atom stereocenters. The van der Waals surface area contributed by atoms with Crippen LogP contribution in [0.15, 0.2) is 86.0 Å². The summed E-state index contributed by atoms with van der Waals surface area (Å²) in [5.74, 6) is 1.28. The summed E-state index contributed by atoms with van der Waals surface area (Å²) in [5.41, 5.74) is 3.67. The fourth-order valence-corrected chi connectivity index (χ4v) is 4.19. The van der Waals surface area contributed by atoms with E-state index in [2.05, 4.69) is 34.4 Å². The third kappa shape index (κ3) is 6.04. The van der Waals surface area contributed by atoms with Crippen LogP contribution in [0.2, 0.25) is 10.0 Å². The maximum Gasteiger partial charge on any atom is 0.323 e. The third-order valence-corrected chi connectivity index (χ3v) is 6.44. The third-order valence-electron chi connectivity index (χ3n) is 5.81. The average Bonchev–Trinajstić information content (AvgIpc) is 2.94. The van der Waals surface area contributed by atoms with Crippen molar-refractivity contribution in [3.63, 3.8) is 0 Å². The van der Waals surface area contributed by atoms with E-state index in [9.17, 15) is 9.59 Å². The van der Waals surface area contributed by atoms with Crippen LogP contribution in [-0.2, 0) is 0 Å². The highest BCUT2D eigenvalue weighted by Gasteiger charge is 2.24. The van der Waals surface area contributed by atoms with Gasteiger partial charge in [-0.25, -0.2) is 9.59 Å². The van der Waals surface area contributed by atoms with Crippen molar-refractivity contribution in [1.29, 1.82) is 0 Å². The van der Waals surface area contributed by atoms with E-state index in [0.29, 0.717) is 45.7 Å². The lowest BCUT2D eigenvalue weighted by atomic mass is 10.2. The van der Waals surface area contributed by atoms with E-state index in [1.165, 1.54) is 12.1 Å². The van der Waals surface area contributed by atoms with Crippen molar-refractivity contribution < 1.29 is 19.1 Å². The Morgan fingerprint density at radius 1 is 0.575 bits per heavy atom. The molecule has 0 bridgehead atoms. The van der Waals surface area contributed by atoms with E-state index in [4.69, 9.17) is 32.7 Å². The van der Waals surface area contributed by atoms with Gasteiger partial charge >= 0.3 is 12.1 Å². The second-order valence-electron chi connectivity index (χ2n) is 8.57. The Morgan fingerprint density at radius 2 is 0.925 bits per heavy atom. The quantitative estimate of drug-likeness (QED) is 0.163. The molecular formula is C30H22Cl2N4O4. The molecule has 0 aliphatic carbocycles. The highest BCUT2D eigenvalue weighted by Crippen LogP contribution is 2.50. The van der Waals surface area contributed by atoms with Gasteiger partial charge < -0.3 is 30.7 Å². The minimum Gasteiger partial charge on any atom is -0.449 e. The lowest BCUT2D eigenvalue weighted by Gasteiger charge is -2.23. The minimum absolute atomic E-state index is 0.241. The normalized spacial score (nSPS) is 11.1. The fourth-order valence-electron chi connectivity index (χ4n) is 3.79. The second-order valence-corrected chi connectivity index (χ2v) is 9.39. The predicted octanol–water partition coefficient (Wildman–Crippen LogP) is 9.47. The van der Waals surface area contributed by atoms with E-state index < -0.39 is 12.1 Å². The Bertz CT molecular complexity index is 1520. The summed E-state index contributed by atoms with van der Waals surface area (Å²) < 4.78 is 11.9. The van der Waals surface area contributed by atoms with Gasteiger partial charge in [0.05, 0.1) is 21.4 Å². The Morgan fingerprint density at radius 3 is 1.27 bits per heavy atom. The predicted molar refractivity (Wildman–Crippen MR) is 161 cm³/mol. The standard InChI is InChI=1S/C30H22Cl2N4O4/c1-3-17-5-9-19(10-6-17)33-29(37)35-23-15-27-25(13-21(23)31)39-26-14-22(32)24(16-28(26)40-27)36-30(38)34-20-11-7-18(4-2)8-12-20/h3-16H,1-2H2,(H2,33,35,37)(H2,34,36,38). The van der Waals surface area contributed by atoms with Gasteiger partial charge in [0.1, 0.15) is 0 Å². The first kappa shape index (κ1) is 26.7. The Hall–Kier alpha value is -4.92. The molecule has 40 heavy (non-hydrogen) atoms. The molecule has 4 amide bonds. The molecule has 0 spiro atoms. The largest absolute Gasteiger partial charge is 0.449 e. The molecule has 0 fully saturated rings. The van der Waals surface area contributed by atoms with E-state index in [1.54, 1.807) is 48.6 Å². The topological polar surface area (TPSA) is 101 Å². The van der Waals surface area contributed by atoms with Crippen molar-refractivity contribution in [3.8, 4) is 23.0 Å². The number of benzene rings is 4. The number of urea groups is 2. The SMILES string of the molecule is C=Cc1ccc(NC(=O)Nc2cc3c(cc2Cl)Oc2cc(Cl)c(NC(=O)Nc4ccc(C=C)cc4)cc2O3)cc1. The van der Waals surface area contributed by atoms with E-state index in [0.717, 1.165) is 11.1 Å². The molecule has 0 saturated heterocycles. The smallest absolute Gasteiger partial charge is 0.323 e. The average molecular weight is 573 g/mol. The molecule has 200 valence electrons. The van der Waals surface area contributed by atoms with Gasteiger partial charge in [0.2, 0.25) is 0 Å². The number of hydrogen-bond donors (Lipinski definition) is 4. The molecule has 0 aromatic heterocycles. The first-order chi connectivity index (χ1) is 19.3. The second kappa shape index (κ2) is 11.4. The van der Waals surface area contributed by atoms with Gasteiger partial charge in [-0.2, -0.15) is 0 Å². The monoisotopic (exact) mass is 572 g/mol. The van der Waals surface area contributed by atoms with Crippen molar-refractivity contribution >= 4 is 70.2 Å². The summed E-state index contributed by atoms with van der Waals surface area (Å²) in [5, 5.41) is 11.4. The highest BCUT2D eigenvalue weighted by atomic mass is 35.5. The Balaban J connectivity index is 1.28. The molecule has 10 heteroatoms. The summed E-state index contributed by atoms with van der Waals surface area (Å²) in [6.07, 6.45) is 3.42. The number of hydrogen-bond acceptors (Lipinski definition) is 4. The van der Waals surface area contributed by atoms with E-state index in [1.807, 2.05) is 24.3 Å². The molecule has 5 rings (SSSR count). The molecule has 0 saturated carbocycles. The number of nitrogens with one attached hydrogen (secondary N) is 4. The van der Waals surface area contributed by atoms with Crippen molar-refractivity contribution in [2.45, 2.75) is 0 Å². The Kier molecular flexibility index (Phi) is 7.63. The van der Waals surface area contributed by atoms with Gasteiger partial charge in [0.15, 0.2) is 23.0 Å². The molecule has 4 N–H and O–H groups in total. The van der Waals surface area contributed by atoms with E-state index in [-0.39, 0.29) is 10.0 Å². The van der Waals surface area contributed by atoms with Crippen molar-refractivity contribution in [1.82, 2.24) is 0 Å². The number of fused-ring (bicyclic) bond motifs is 2. The van der Waals surface area contributed by atoms with Crippen LogP contribution >= 0.6 is 23.2 Å². The fraction of sp³-hybridized carbons (Fsp3) is 0. The lowest BCUT2D eigenvalue weighted by molar-refractivity contribution is 0.261. The molecule has 4 aromatic rings. The van der Waals surface area contributed by atoms with Gasteiger partial charge in [-0.15, -0.1) is 0 Å².